The van der Waals surface area contributed by atoms with E-state index in [4.69, 9.17) is 4.42 Å². The molecule has 0 aromatic carbocycles. The zero-order valence-electron chi connectivity index (χ0n) is 18.5. The van der Waals surface area contributed by atoms with E-state index in [0.29, 0.717) is 48.1 Å². The van der Waals surface area contributed by atoms with Crippen molar-refractivity contribution in [1.82, 2.24) is 19.7 Å². The van der Waals surface area contributed by atoms with Gasteiger partial charge in [-0.1, -0.05) is 0 Å². The second kappa shape index (κ2) is 9.83. The van der Waals surface area contributed by atoms with Crippen LogP contribution in [0.1, 0.15) is 34.7 Å². The average Bonchev–Trinajstić information content (AvgIpc) is 3.42. The number of likely N-dealkylation sites (tertiary alicyclic amines) is 1. The number of carbonyl (C=O) groups is 3. The highest BCUT2D eigenvalue weighted by atomic mass is 32.1. The number of nitrogens with zero attached hydrogens (tertiary/aromatic N) is 4. The van der Waals surface area contributed by atoms with E-state index in [-0.39, 0.29) is 30.1 Å². The summed E-state index contributed by atoms with van der Waals surface area (Å²) in [4.78, 5) is 48.2. The van der Waals surface area contributed by atoms with Crippen LogP contribution >= 0.6 is 11.3 Å². The topological polar surface area (TPSA) is 99.0 Å². The molecule has 0 radical (unpaired) electrons. The number of nitrogens with one attached hydrogen (secondary N) is 1. The predicted molar refractivity (Wildman–Crippen MR) is 121 cm³/mol. The fourth-order valence-electron chi connectivity index (χ4n) is 4.16. The van der Waals surface area contributed by atoms with E-state index >= 15 is 0 Å². The number of aryl methyl sites for hydroxylation is 1. The van der Waals surface area contributed by atoms with Gasteiger partial charge in [0.1, 0.15) is 5.76 Å². The highest BCUT2D eigenvalue weighted by Gasteiger charge is 2.31. The molecule has 0 spiro atoms. The minimum atomic E-state index is -0.282. The number of furan rings is 1. The number of hydrogen-bond acceptors (Lipinski definition) is 7. The Kier molecular flexibility index (Phi) is 6.90. The van der Waals surface area contributed by atoms with Crippen LogP contribution in [-0.2, 0) is 16.0 Å². The quantitative estimate of drug-likeness (QED) is 0.733. The molecule has 32 heavy (non-hydrogen) atoms. The third-order valence-corrected chi connectivity index (χ3v) is 7.03. The zero-order valence-corrected chi connectivity index (χ0v) is 19.3. The smallest absolute Gasteiger partial charge is 0.260 e. The van der Waals surface area contributed by atoms with Crippen molar-refractivity contribution in [2.45, 2.75) is 26.2 Å². The van der Waals surface area contributed by atoms with E-state index in [1.54, 1.807) is 18.4 Å². The number of hydrogen-bond donors (Lipinski definition) is 1. The molecule has 0 bridgehead atoms. The number of anilines is 1. The van der Waals surface area contributed by atoms with Gasteiger partial charge in [0.05, 0.1) is 23.9 Å². The Morgan fingerprint density at radius 1 is 1.12 bits per heavy atom. The lowest BCUT2D eigenvalue weighted by molar-refractivity contribution is -0.141. The van der Waals surface area contributed by atoms with Crippen molar-refractivity contribution in [1.29, 1.82) is 0 Å². The molecule has 172 valence electrons. The summed E-state index contributed by atoms with van der Waals surface area (Å²) >= 11 is 1.29. The van der Waals surface area contributed by atoms with Crippen LogP contribution in [-0.4, -0.2) is 83.7 Å². The second-order valence-electron chi connectivity index (χ2n) is 8.45. The van der Waals surface area contributed by atoms with Crippen molar-refractivity contribution in [3.05, 3.63) is 34.7 Å². The van der Waals surface area contributed by atoms with Crippen LogP contribution in [0.5, 0.6) is 0 Å². The molecule has 3 amide bonds. The molecule has 0 saturated carbocycles. The first-order valence-corrected chi connectivity index (χ1v) is 11.8. The van der Waals surface area contributed by atoms with E-state index in [9.17, 15) is 14.4 Å². The summed E-state index contributed by atoms with van der Waals surface area (Å²) in [6.45, 7) is 6.33. The molecule has 0 atom stereocenters. The molecule has 2 aromatic heterocycles. The fraction of sp³-hybridized carbons (Fsp3) is 0.545. The lowest BCUT2D eigenvalue weighted by Gasteiger charge is -2.37. The van der Waals surface area contributed by atoms with Gasteiger partial charge in [-0.3, -0.25) is 19.7 Å². The molecule has 2 saturated heterocycles. The molecular weight excluding hydrogens is 430 g/mol. The number of thiazole rings is 1. The minimum Gasteiger partial charge on any atom is -0.469 e. The highest BCUT2D eigenvalue weighted by Crippen LogP contribution is 2.23. The molecule has 10 heteroatoms. The van der Waals surface area contributed by atoms with Gasteiger partial charge in [0.25, 0.3) is 5.91 Å². The number of likely N-dealkylation sites (N-methyl/N-ethyl adjacent to an activating group) is 1. The minimum absolute atomic E-state index is 0.00403. The van der Waals surface area contributed by atoms with Gasteiger partial charge in [0, 0.05) is 50.6 Å². The van der Waals surface area contributed by atoms with Crippen molar-refractivity contribution in [3.63, 3.8) is 0 Å². The Bertz CT molecular complexity index is 971. The van der Waals surface area contributed by atoms with Crippen molar-refractivity contribution in [3.8, 4) is 0 Å². The molecule has 1 N–H and O–H groups in total. The lowest BCUT2D eigenvalue weighted by Crippen LogP contribution is -2.51. The summed E-state index contributed by atoms with van der Waals surface area (Å²) in [5.41, 5.74) is 1.10. The Morgan fingerprint density at radius 2 is 1.84 bits per heavy atom. The molecule has 2 aromatic rings. The molecule has 0 unspecified atom stereocenters. The Balaban J connectivity index is 1.24. The SMILES string of the molecule is Cc1occc1C(=O)Nc1nc(CC(=O)N2CCC(C(=O)N3CCN(C)CC3)CC2)cs1. The standard InChI is InChI=1S/C22H29N5O4S/c1-15-18(5-12-31-15)20(29)24-22-23-17(14-32-22)13-19(28)26-6-3-16(4-7-26)21(30)27-10-8-25(2)9-11-27/h5,12,14,16H,3-4,6-11,13H2,1-2H3,(H,23,24,29). The highest BCUT2D eigenvalue weighted by molar-refractivity contribution is 7.14. The van der Waals surface area contributed by atoms with E-state index in [0.717, 1.165) is 26.2 Å². The first-order chi connectivity index (χ1) is 15.4. The number of piperazine rings is 1. The van der Waals surface area contributed by atoms with Gasteiger partial charge in [0.15, 0.2) is 5.13 Å². The van der Waals surface area contributed by atoms with E-state index in [1.165, 1.54) is 17.6 Å². The summed E-state index contributed by atoms with van der Waals surface area (Å²) in [5, 5.41) is 4.99. The van der Waals surface area contributed by atoms with Crippen LogP contribution in [0, 0.1) is 12.8 Å². The largest absolute Gasteiger partial charge is 0.469 e. The summed E-state index contributed by atoms with van der Waals surface area (Å²) < 4.78 is 5.16. The number of aromatic nitrogens is 1. The van der Waals surface area contributed by atoms with E-state index in [2.05, 4.69) is 22.2 Å². The molecule has 2 fully saturated rings. The van der Waals surface area contributed by atoms with Gasteiger partial charge in [-0.15, -0.1) is 11.3 Å². The summed E-state index contributed by atoms with van der Waals surface area (Å²) in [6.07, 6.45) is 3.07. The van der Waals surface area contributed by atoms with Gasteiger partial charge < -0.3 is 19.1 Å². The summed E-state index contributed by atoms with van der Waals surface area (Å²) in [5.74, 6) is 0.511. The molecule has 9 nitrogen and oxygen atoms in total. The van der Waals surface area contributed by atoms with Gasteiger partial charge in [-0.05, 0) is 32.9 Å². The third-order valence-electron chi connectivity index (χ3n) is 6.22. The van der Waals surface area contributed by atoms with Crippen LogP contribution in [0.15, 0.2) is 22.1 Å². The first-order valence-electron chi connectivity index (χ1n) is 11.0. The van der Waals surface area contributed by atoms with Crippen molar-refractivity contribution in [2.75, 3.05) is 51.6 Å². The number of piperidine rings is 1. The Morgan fingerprint density at radius 3 is 2.50 bits per heavy atom. The molecule has 4 rings (SSSR count). The Labute approximate surface area is 191 Å². The normalized spacial score (nSPS) is 18.1. The van der Waals surface area contributed by atoms with Crippen molar-refractivity contribution < 1.29 is 18.8 Å². The summed E-state index contributed by atoms with van der Waals surface area (Å²) in [6, 6.07) is 1.61. The van der Waals surface area contributed by atoms with Crippen molar-refractivity contribution in [2.24, 2.45) is 5.92 Å². The van der Waals surface area contributed by atoms with Crippen LogP contribution in [0.4, 0.5) is 5.13 Å². The maximum Gasteiger partial charge on any atom is 0.260 e. The van der Waals surface area contributed by atoms with Crippen LogP contribution in [0.25, 0.3) is 0 Å². The van der Waals surface area contributed by atoms with Crippen LogP contribution in [0.2, 0.25) is 0 Å². The van der Waals surface area contributed by atoms with Crippen LogP contribution in [0.3, 0.4) is 0 Å². The molecule has 4 heterocycles. The maximum absolute atomic E-state index is 12.8. The zero-order chi connectivity index (χ0) is 22.7. The number of rotatable bonds is 5. The number of carbonyl (C=O) groups excluding carboxylic acids is 3. The molecule has 2 aliphatic heterocycles. The van der Waals surface area contributed by atoms with E-state index in [1.807, 2.05) is 9.80 Å². The first kappa shape index (κ1) is 22.5. The van der Waals surface area contributed by atoms with Crippen molar-refractivity contribution >= 4 is 34.2 Å². The fourth-order valence-corrected chi connectivity index (χ4v) is 4.86. The van der Waals surface area contributed by atoms with Gasteiger partial charge in [0.2, 0.25) is 11.8 Å². The third kappa shape index (κ3) is 5.18. The maximum atomic E-state index is 12.8. The van der Waals surface area contributed by atoms with Gasteiger partial charge >= 0.3 is 0 Å². The predicted octanol–water partition coefficient (Wildman–Crippen LogP) is 1.85. The van der Waals surface area contributed by atoms with Gasteiger partial charge in [-0.2, -0.15) is 0 Å². The Hall–Kier alpha value is -2.72. The monoisotopic (exact) mass is 459 g/mol. The second-order valence-corrected chi connectivity index (χ2v) is 9.31. The average molecular weight is 460 g/mol. The summed E-state index contributed by atoms with van der Waals surface area (Å²) in [7, 11) is 2.07. The lowest BCUT2D eigenvalue weighted by atomic mass is 9.94. The molecule has 0 aliphatic carbocycles. The van der Waals surface area contributed by atoms with Gasteiger partial charge in [-0.25, -0.2) is 4.98 Å². The van der Waals surface area contributed by atoms with Crippen LogP contribution < -0.4 is 5.32 Å². The van der Waals surface area contributed by atoms with E-state index < -0.39 is 0 Å². The number of amides is 3. The molecule has 2 aliphatic rings. The molecular formula is C22H29N5O4S.